The van der Waals surface area contributed by atoms with E-state index in [0.717, 1.165) is 13.2 Å². The third kappa shape index (κ3) is 1.95. The number of carbonyl (C=O) groups is 1. The molecule has 0 bridgehead atoms. The molecule has 0 saturated heterocycles. The van der Waals surface area contributed by atoms with Crippen LogP contribution in [-0.2, 0) is 4.74 Å². The van der Waals surface area contributed by atoms with Crippen LogP contribution >= 0.6 is 31.9 Å². The zero-order chi connectivity index (χ0) is 10.9. The van der Waals surface area contributed by atoms with Gasteiger partial charge < -0.3 is 4.74 Å². The molecule has 0 aliphatic rings. The van der Waals surface area contributed by atoms with Gasteiger partial charge in [0.2, 0.25) is 0 Å². The van der Waals surface area contributed by atoms with E-state index in [1.54, 1.807) is 0 Å². The Morgan fingerprint density at radius 3 is 2.50 bits per heavy atom. The number of esters is 1. The maximum absolute atomic E-state index is 13.2. The van der Waals surface area contributed by atoms with Crippen LogP contribution in [0.5, 0.6) is 0 Å². The minimum Gasteiger partial charge on any atom is -0.465 e. The molecule has 6 heteroatoms. The first kappa shape index (κ1) is 11.6. The molecule has 76 valence electrons. The molecule has 0 radical (unpaired) electrons. The molecule has 0 amide bonds. The first-order valence-corrected chi connectivity index (χ1v) is 4.99. The number of carbonyl (C=O) groups excluding carboxylic acids is 1. The average Bonchev–Trinajstić information content (AvgIpc) is 2.15. The first-order valence-electron chi connectivity index (χ1n) is 3.40. The van der Waals surface area contributed by atoms with Crippen molar-refractivity contribution >= 4 is 37.8 Å². The van der Waals surface area contributed by atoms with Crippen LogP contribution in [0.2, 0.25) is 0 Å². The number of hydrogen-bond acceptors (Lipinski definition) is 2. The quantitative estimate of drug-likeness (QED) is 0.584. The number of ether oxygens (including phenoxy) is 1. The van der Waals surface area contributed by atoms with E-state index < -0.39 is 23.2 Å². The number of halogens is 4. The summed E-state index contributed by atoms with van der Waals surface area (Å²) in [7, 11) is 1.09. The molecule has 14 heavy (non-hydrogen) atoms. The van der Waals surface area contributed by atoms with E-state index in [1.165, 1.54) is 0 Å². The zero-order valence-electron chi connectivity index (χ0n) is 6.91. The number of methoxy groups -OCH3 is 1. The summed E-state index contributed by atoms with van der Waals surface area (Å²) in [6, 6.07) is 0.922. The second-order valence-corrected chi connectivity index (χ2v) is 3.98. The van der Waals surface area contributed by atoms with Crippen molar-refractivity contribution in [2.24, 2.45) is 0 Å². The van der Waals surface area contributed by atoms with Gasteiger partial charge in [0.25, 0.3) is 0 Å². The first-order chi connectivity index (χ1) is 6.49. The van der Waals surface area contributed by atoms with E-state index in [0.29, 0.717) is 0 Å². The van der Waals surface area contributed by atoms with Crippen LogP contribution in [0.4, 0.5) is 8.78 Å². The third-order valence-corrected chi connectivity index (χ3v) is 3.48. The van der Waals surface area contributed by atoms with E-state index in [1.807, 2.05) is 0 Å². The largest absolute Gasteiger partial charge is 0.465 e. The Balaban J connectivity index is 3.47. The van der Waals surface area contributed by atoms with Gasteiger partial charge in [0.15, 0.2) is 11.6 Å². The molecule has 0 aliphatic carbocycles. The van der Waals surface area contributed by atoms with Crippen molar-refractivity contribution < 1.29 is 18.3 Å². The van der Waals surface area contributed by atoms with Crippen LogP contribution < -0.4 is 0 Å². The monoisotopic (exact) mass is 328 g/mol. The van der Waals surface area contributed by atoms with Crippen LogP contribution in [0, 0.1) is 11.6 Å². The van der Waals surface area contributed by atoms with Crippen molar-refractivity contribution in [3.8, 4) is 0 Å². The van der Waals surface area contributed by atoms with Crippen LogP contribution in [0.1, 0.15) is 10.4 Å². The van der Waals surface area contributed by atoms with E-state index >= 15 is 0 Å². The fourth-order valence-electron chi connectivity index (χ4n) is 0.854. The molecule has 1 aromatic rings. The maximum Gasteiger partial charge on any atom is 0.342 e. The molecular formula is C8H4Br2F2O2. The van der Waals surface area contributed by atoms with Crippen LogP contribution in [0.15, 0.2) is 15.0 Å². The predicted molar refractivity (Wildman–Crippen MR) is 53.1 cm³/mol. The second kappa shape index (κ2) is 4.35. The van der Waals surface area contributed by atoms with E-state index in [9.17, 15) is 13.6 Å². The Bertz CT molecular complexity index is 367. The molecule has 0 N–H and O–H groups in total. The summed E-state index contributed by atoms with van der Waals surface area (Å²) in [5.74, 6) is -3.28. The molecule has 0 heterocycles. The van der Waals surface area contributed by atoms with Gasteiger partial charge in [0.05, 0.1) is 7.11 Å². The Labute approximate surface area is 95.5 Å². The molecule has 0 saturated carbocycles. The molecule has 0 atom stereocenters. The SMILES string of the molecule is COC(=O)c1c(F)c(F)cc(Br)c1Br. The molecule has 1 aromatic carbocycles. The van der Waals surface area contributed by atoms with Gasteiger partial charge in [0, 0.05) is 8.95 Å². The van der Waals surface area contributed by atoms with Crippen molar-refractivity contribution in [1.29, 1.82) is 0 Å². The van der Waals surface area contributed by atoms with Gasteiger partial charge in [-0.2, -0.15) is 0 Å². The van der Waals surface area contributed by atoms with Crippen molar-refractivity contribution in [3.63, 3.8) is 0 Å². The summed E-state index contributed by atoms with van der Waals surface area (Å²) in [5.41, 5.74) is -0.459. The summed E-state index contributed by atoms with van der Waals surface area (Å²) >= 11 is 5.92. The lowest BCUT2D eigenvalue weighted by atomic mass is 10.2. The Morgan fingerprint density at radius 1 is 1.43 bits per heavy atom. The van der Waals surface area contributed by atoms with Crippen molar-refractivity contribution in [2.75, 3.05) is 7.11 Å². The van der Waals surface area contributed by atoms with Gasteiger partial charge in [-0.05, 0) is 37.9 Å². The summed E-state index contributed by atoms with van der Waals surface area (Å²) in [5, 5.41) is 0. The predicted octanol–water partition coefficient (Wildman–Crippen LogP) is 3.28. The number of benzene rings is 1. The van der Waals surface area contributed by atoms with Crippen molar-refractivity contribution in [2.45, 2.75) is 0 Å². The van der Waals surface area contributed by atoms with E-state index in [-0.39, 0.29) is 8.95 Å². The molecular weight excluding hydrogens is 326 g/mol. The van der Waals surface area contributed by atoms with Crippen LogP contribution in [0.25, 0.3) is 0 Å². The van der Waals surface area contributed by atoms with Gasteiger partial charge in [-0.25, -0.2) is 13.6 Å². The van der Waals surface area contributed by atoms with E-state index in [2.05, 4.69) is 36.6 Å². The molecule has 0 aliphatic heterocycles. The summed E-state index contributed by atoms with van der Waals surface area (Å²) in [6.07, 6.45) is 0. The summed E-state index contributed by atoms with van der Waals surface area (Å²) < 4.78 is 30.7. The topological polar surface area (TPSA) is 26.3 Å². The minimum absolute atomic E-state index is 0.128. The highest BCUT2D eigenvalue weighted by atomic mass is 79.9. The maximum atomic E-state index is 13.2. The summed E-state index contributed by atoms with van der Waals surface area (Å²) in [6.45, 7) is 0. The fraction of sp³-hybridized carbons (Fsp3) is 0.125. The van der Waals surface area contributed by atoms with Crippen molar-refractivity contribution in [3.05, 3.63) is 32.2 Å². The lowest BCUT2D eigenvalue weighted by molar-refractivity contribution is 0.0593. The Kier molecular flexibility index (Phi) is 3.60. The van der Waals surface area contributed by atoms with Gasteiger partial charge in [-0.3, -0.25) is 0 Å². The van der Waals surface area contributed by atoms with Crippen LogP contribution in [0.3, 0.4) is 0 Å². The molecule has 0 aromatic heterocycles. The molecule has 0 spiro atoms. The normalized spacial score (nSPS) is 10.1. The fourth-order valence-corrected chi connectivity index (χ4v) is 1.70. The van der Waals surface area contributed by atoms with Crippen molar-refractivity contribution in [1.82, 2.24) is 0 Å². The highest BCUT2D eigenvalue weighted by molar-refractivity contribution is 9.13. The average molecular weight is 330 g/mol. The highest BCUT2D eigenvalue weighted by Gasteiger charge is 2.22. The minimum atomic E-state index is -1.23. The molecule has 1 rings (SSSR count). The van der Waals surface area contributed by atoms with Gasteiger partial charge in [-0.1, -0.05) is 0 Å². The molecule has 0 fully saturated rings. The highest BCUT2D eigenvalue weighted by Crippen LogP contribution is 2.30. The Morgan fingerprint density at radius 2 is 2.00 bits per heavy atom. The number of rotatable bonds is 1. The number of hydrogen-bond donors (Lipinski definition) is 0. The second-order valence-electron chi connectivity index (χ2n) is 2.33. The van der Waals surface area contributed by atoms with Gasteiger partial charge >= 0.3 is 5.97 Å². The third-order valence-electron chi connectivity index (χ3n) is 1.50. The standard InChI is InChI=1S/C8H4Br2F2O2/c1-14-8(13)5-6(10)3(9)2-4(11)7(5)12/h2H,1H3. The summed E-state index contributed by atoms with van der Waals surface area (Å²) in [4.78, 5) is 11.1. The van der Waals surface area contributed by atoms with E-state index in [4.69, 9.17) is 0 Å². The van der Waals surface area contributed by atoms with Crippen LogP contribution in [-0.4, -0.2) is 13.1 Å². The van der Waals surface area contributed by atoms with Gasteiger partial charge in [-0.15, -0.1) is 0 Å². The lowest BCUT2D eigenvalue weighted by Gasteiger charge is -2.06. The smallest absolute Gasteiger partial charge is 0.342 e. The molecule has 2 nitrogen and oxygen atoms in total. The zero-order valence-corrected chi connectivity index (χ0v) is 10.1. The van der Waals surface area contributed by atoms with Gasteiger partial charge in [0.1, 0.15) is 5.56 Å². The lowest BCUT2D eigenvalue weighted by Crippen LogP contribution is -2.07. The molecule has 0 unspecified atom stereocenters. The Hall–Kier alpha value is -0.490.